The van der Waals surface area contributed by atoms with Crippen molar-refractivity contribution in [2.75, 3.05) is 5.32 Å². The molecule has 0 saturated carbocycles. The molecule has 0 heterocycles. The lowest BCUT2D eigenvalue weighted by molar-refractivity contribution is 0.248. The molecule has 3 nitrogen and oxygen atoms in total. The van der Waals surface area contributed by atoms with Gasteiger partial charge in [-0.2, -0.15) is 0 Å². The summed E-state index contributed by atoms with van der Waals surface area (Å²) in [6.45, 7) is 1.92. The number of para-hydroxylation sites is 1. The molecule has 2 amide bonds. The third-order valence-corrected chi connectivity index (χ3v) is 2.31. The Balaban J connectivity index is 2.56. The monoisotopic (exact) mass is 234 g/mol. The number of rotatable bonds is 4. The molecule has 1 atom stereocenters. The number of nitrogens with one attached hydrogen (secondary N) is 2. The fourth-order valence-electron chi connectivity index (χ4n) is 1.35. The summed E-state index contributed by atoms with van der Waals surface area (Å²) in [5, 5.41) is 5.12. The second kappa shape index (κ2) is 6.54. The Morgan fingerprint density at radius 2 is 2.24 bits per heavy atom. The van der Waals surface area contributed by atoms with Gasteiger partial charge in [0.15, 0.2) is 0 Å². The van der Waals surface area contributed by atoms with Gasteiger partial charge in [0.2, 0.25) is 0 Å². The van der Waals surface area contributed by atoms with E-state index in [1.165, 1.54) is 12.1 Å². The molecule has 1 aromatic rings. The molecule has 4 heteroatoms. The van der Waals surface area contributed by atoms with E-state index >= 15 is 0 Å². The lowest BCUT2D eigenvalue weighted by Crippen LogP contribution is -2.37. The maximum absolute atomic E-state index is 13.2. The van der Waals surface area contributed by atoms with E-state index in [4.69, 9.17) is 6.42 Å². The first-order chi connectivity index (χ1) is 8.17. The van der Waals surface area contributed by atoms with E-state index < -0.39 is 11.8 Å². The Morgan fingerprint density at radius 1 is 1.53 bits per heavy atom. The smallest absolute Gasteiger partial charge is 0.319 e. The van der Waals surface area contributed by atoms with Crippen LogP contribution in [0.15, 0.2) is 24.3 Å². The predicted octanol–water partition coefficient (Wildman–Crippen LogP) is 2.75. The van der Waals surface area contributed by atoms with Gasteiger partial charge in [0.25, 0.3) is 0 Å². The summed E-state index contributed by atoms with van der Waals surface area (Å²) < 4.78 is 13.2. The number of hydrogen-bond donors (Lipinski definition) is 2. The maximum atomic E-state index is 13.2. The first-order valence-corrected chi connectivity index (χ1v) is 5.42. The average Bonchev–Trinajstić information content (AvgIpc) is 2.31. The molecule has 0 fully saturated rings. The van der Waals surface area contributed by atoms with Crippen molar-refractivity contribution in [2.24, 2.45) is 0 Å². The van der Waals surface area contributed by atoms with Crippen LogP contribution in [0.25, 0.3) is 0 Å². The first kappa shape index (κ1) is 13.0. The highest BCUT2D eigenvalue weighted by molar-refractivity contribution is 5.89. The third kappa shape index (κ3) is 4.15. The molecule has 1 unspecified atom stereocenters. The van der Waals surface area contributed by atoms with Crippen LogP contribution in [0.5, 0.6) is 0 Å². The van der Waals surface area contributed by atoms with Crippen molar-refractivity contribution in [1.29, 1.82) is 0 Å². The molecule has 0 aromatic heterocycles. The summed E-state index contributed by atoms with van der Waals surface area (Å²) in [4.78, 5) is 11.6. The molecule has 0 aliphatic heterocycles. The van der Waals surface area contributed by atoms with Crippen molar-refractivity contribution < 1.29 is 9.18 Å². The molecule has 17 heavy (non-hydrogen) atoms. The Bertz CT molecular complexity index is 426. The Morgan fingerprint density at radius 3 is 2.82 bits per heavy atom. The van der Waals surface area contributed by atoms with E-state index in [9.17, 15) is 9.18 Å². The number of anilines is 1. The van der Waals surface area contributed by atoms with Crippen molar-refractivity contribution in [2.45, 2.75) is 25.8 Å². The Labute approximate surface area is 100 Å². The van der Waals surface area contributed by atoms with Crippen molar-refractivity contribution in [1.82, 2.24) is 5.32 Å². The van der Waals surface area contributed by atoms with Crippen LogP contribution in [0, 0.1) is 18.2 Å². The second-order valence-corrected chi connectivity index (χ2v) is 3.59. The Kier molecular flexibility index (Phi) is 5.02. The molecule has 0 bridgehead atoms. The van der Waals surface area contributed by atoms with Gasteiger partial charge in [-0.25, -0.2) is 9.18 Å². The fourth-order valence-corrected chi connectivity index (χ4v) is 1.35. The van der Waals surface area contributed by atoms with Gasteiger partial charge >= 0.3 is 6.03 Å². The lowest BCUT2D eigenvalue weighted by Gasteiger charge is -2.15. The van der Waals surface area contributed by atoms with Crippen LogP contribution in [0.4, 0.5) is 14.9 Å². The van der Waals surface area contributed by atoms with Crippen molar-refractivity contribution in [3.05, 3.63) is 30.1 Å². The average molecular weight is 234 g/mol. The predicted molar refractivity (Wildman–Crippen MR) is 66.1 cm³/mol. The molecule has 1 rings (SSSR count). The molecule has 0 radical (unpaired) electrons. The summed E-state index contributed by atoms with van der Waals surface area (Å²) in [5.74, 6) is 2.02. The molecule has 0 aliphatic carbocycles. The third-order valence-electron chi connectivity index (χ3n) is 2.31. The quantitative estimate of drug-likeness (QED) is 0.773. The summed E-state index contributed by atoms with van der Waals surface area (Å²) in [6, 6.07) is 5.46. The normalized spacial score (nSPS) is 11.4. The molecular formula is C13H15FN2O. The maximum Gasteiger partial charge on any atom is 0.319 e. The fraction of sp³-hybridized carbons (Fsp3) is 0.308. The molecule has 90 valence electrons. The number of urea groups is 1. The van der Waals surface area contributed by atoms with E-state index in [2.05, 4.69) is 16.6 Å². The van der Waals surface area contributed by atoms with Gasteiger partial charge in [0.05, 0.1) is 5.69 Å². The van der Waals surface area contributed by atoms with Gasteiger partial charge in [-0.1, -0.05) is 19.1 Å². The van der Waals surface area contributed by atoms with E-state index in [1.54, 1.807) is 12.1 Å². The highest BCUT2D eigenvalue weighted by atomic mass is 19.1. The zero-order valence-electron chi connectivity index (χ0n) is 9.66. The van der Waals surface area contributed by atoms with Gasteiger partial charge in [0.1, 0.15) is 5.82 Å². The van der Waals surface area contributed by atoms with Crippen molar-refractivity contribution >= 4 is 11.7 Å². The van der Waals surface area contributed by atoms with Crippen LogP contribution in [0.3, 0.4) is 0 Å². The first-order valence-electron chi connectivity index (χ1n) is 5.42. The minimum atomic E-state index is -0.465. The molecule has 2 N–H and O–H groups in total. The van der Waals surface area contributed by atoms with Crippen molar-refractivity contribution in [3.8, 4) is 12.3 Å². The number of amides is 2. The van der Waals surface area contributed by atoms with Crippen LogP contribution < -0.4 is 10.6 Å². The zero-order chi connectivity index (χ0) is 12.7. The van der Waals surface area contributed by atoms with Crippen LogP contribution in [-0.2, 0) is 0 Å². The minimum Gasteiger partial charge on any atom is -0.334 e. The summed E-state index contributed by atoms with van der Waals surface area (Å²) in [7, 11) is 0. The Hall–Kier alpha value is -2.02. The number of terminal acetylenes is 1. The SMILES string of the molecule is C#CCC(CC)NC(=O)Nc1ccccc1F. The van der Waals surface area contributed by atoms with Crippen LogP contribution >= 0.6 is 0 Å². The van der Waals surface area contributed by atoms with Gasteiger partial charge in [-0.15, -0.1) is 12.3 Å². The highest BCUT2D eigenvalue weighted by Crippen LogP contribution is 2.12. The number of hydrogen-bond acceptors (Lipinski definition) is 1. The van der Waals surface area contributed by atoms with Crippen LogP contribution in [0.1, 0.15) is 19.8 Å². The van der Waals surface area contributed by atoms with E-state index in [0.29, 0.717) is 6.42 Å². The summed E-state index contributed by atoms with van der Waals surface area (Å²) in [5.41, 5.74) is 0.153. The molecule has 0 spiro atoms. The number of benzene rings is 1. The van der Waals surface area contributed by atoms with E-state index in [1.807, 2.05) is 6.92 Å². The van der Waals surface area contributed by atoms with Crippen LogP contribution in [-0.4, -0.2) is 12.1 Å². The van der Waals surface area contributed by atoms with Crippen molar-refractivity contribution in [3.63, 3.8) is 0 Å². The topological polar surface area (TPSA) is 41.1 Å². The highest BCUT2D eigenvalue weighted by Gasteiger charge is 2.10. The van der Waals surface area contributed by atoms with Gasteiger partial charge in [-0.3, -0.25) is 0 Å². The number of carbonyl (C=O) groups excluding carboxylic acids is 1. The molecular weight excluding hydrogens is 219 g/mol. The molecule has 0 aliphatic rings. The summed E-state index contributed by atoms with van der Waals surface area (Å²) >= 11 is 0. The van der Waals surface area contributed by atoms with E-state index in [-0.39, 0.29) is 11.7 Å². The number of carbonyl (C=O) groups is 1. The molecule has 0 saturated heterocycles. The van der Waals surface area contributed by atoms with E-state index in [0.717, 1.165) is 6.42 Å². The number of halogens is 1. The van der Waals surface area contributed by atoms with Crippen LogP contribution in [0.2, 0.25) is 0 Å². The van der Waals surface area contributed by atoms with Gasteiger partial charge < -0.3 is 10.6 Å². The second-order valence-electron chi connectivity index (χ2n) is 3.59. The van der Waals surface area contributed by atoms with Gasteiger partial charge in [-0.05, 0) is 18.6 Å². The van der Waals surface area contributed by atoms with Gasteiger partial charge in [0, 0.05) is 12.5 Å². The summed E-state index contributed by atoms with van der Waals surface area (Å²) in [6.07, 6.45) is 6.37. The molecule has 1 aromatic carbocycles. The zero-order valence-corrected chi connectivity index (χ0v) is 9.66. The minimum absolute atomic E-state index is 0.0910. The lowest BCUT2D eigenvalue weighted by atomic mass is 10.1. The standard InChI is InChI=1S/C13H15FN2O/c1-3-7-10(4-2)15-13(17)16-12-9-6-5-8-11(12)14/h1,5-6,8-10H,4,7H2,2H3,(H2,15,16,17). The largest absolute Gasteiger partial charge is 0.334 e.